The zero-order valence-corrected chi connectivity index (χ0v) is 8.81. The van der Waals surface area contributed by atoms with E-state index in [9.17, 15) is 4.39 Å². The lowest BCUT2D eigenvalue weighted by Crippen LogP contribution is -1.96. The molecule has 0 radical (unpaired) electrons. The van der Waals surface area contributed by atoms with E-state index in [2.05, 4.69) is 22.0 Å². The molecule has 1 nitrogen and oxygen atoms in total. The standard InChI is InChI=1S/C10H9BrFN/c1-7(6-13)4-8-2-3-9(11)10(12)5-8/h2-3,5,7H,4H2,1H3. The summed E-state index contributed by atoms with van der Waals surface area (Å²) < 4.78 is 13.5. The number of nitriles is 1. The topological polar surface area (TPSA) is 23.8 Å². The van der Waals surface area contributed by atoms with Crippen LogP contribution in [0.4, 0.5) is 4.39 Å². The van der Waals surface area contributed by atoms with Crippen LogP contribution in [0.15, 0.2) is 22.7 Å². The Labute approximate surface area is 85.3 Å². The van der Waals surface area contributed by atoms with Gasteiger partial charge in [0.1, 0.15) is 5.82 Å². The molecule has 1 rings (SSSR count). The van der Waals surface area contributed by atoms with E-state index in [1.54, 1.807) is 6.07 Å². The molecule has 0 aliphatic carbocycles. The molecular weight excluding hydrogens is 233 g/mol. The summed E-state index contributed by atoms with van der Waals surface area (Å²) in [7, 11) is 0. The molecule has 0 aromatic heterocycles. The van der Waals surface area contributed by atoms with Crippen LogP contribution in [0.3, 0.4) is 0 Å². The van der Waals surface area contributed by atoms with Crippen molar-refractivity contribution in [2.24, 2.45) is 5.92 Å². The minimum absolute atomic E-state index is 0.0689. The predicted molar refractivity (Wildman–Crippen MR) is 52.6 cm³/mol. The number of hydrogen-bond acceptors (Lipinski definition) is 1. The third kappa shape index (κ3) is 2.82. The Bertz CT molecular complexity index is 343. The highest BCUT2D eigenvalue weighted by Gasteiger charge is 2.04. The quantitative estimate of drug-likeness (QED) is 0.780. The van der Waals surface area contributed by atoms with Gasteiger partial charge in [0.15, 0.2) is 0 Å². The van der Waals surface area contributed by atoms with Crippen molar-refractivity contribution in [2.75, 3.05) is 0 Å². The number of nitrogens with zero attached hydrogens (tertiary/aromatic N) is 1. The monoisotopic (exact) mass is 241 g/mol. The Balaban J connectivity index is 2.81. The third-order valence-corrected chi connectivity index (χ3v) is 2.39. The lowest BCUT2D eigenvalue weighted by atomic mass is 10.0. The zero-order valence-electron chi connectivity index (χ0n) is 7.22. The van der Waals surface area contributed by atoms with Crippen LogP contribution >= 0.6 is 15.9 Å². The number of hydrogen-bond donors (Lipinski definition) is 0. The Kier molecular flexibility index (Phi) is 3.44. The van der Waals surface area contributed by atoms with Gasteiger partial charge in [-0.05, 0) is 47.0 Å². The first-order valence-corrected chi connectivity index (χ1v) is 4.76. The highest BCUT2D eigenvalue weighted by atomic mass is 79.9. The van der Waals surface area contributed by atoms with Crippen molar-refractivity contribution in [3.05, 3.63) is 34.1 Å². The van der Waals surface area contributed by atoms with Gasteiger partial charge in [-0.3, -0.25) is 0 Å². The summed E-state index contributed by atoms with van der Waals surface area (Å²) >= 11 is 3.07. The minimum atomic E-state index is -0.275. The Morgan fingerprint density at radius 3 is 2.85 bits per heavy atom. The smallest absolute Gasteiger partial charge is 0.137 e. The second-order valence-corrected chi connectivity index (χ2v) is 3.84. The molecule has 1 aromatic rings. The van der Waals surface area contributed by atoms with Crippen molar-refractivity contribution in [2.45, 2.75) is 13.3 Å². The molecule has 0 aliphatic rings. The summed E-state index contributed by atoms with van der Waals surface area (Å²) in [5.74, 6) is -0.344. The maximum atomic E-state index is 13.0. The van der Waals surface area contributed by atoms with E-state index in [0.717, 1.165) is 5.56 Å². The first-order chi connectivity index (χ1) is 6.13. The summed E-state index contributed by atoms with van der Waals surface area (Å²) in [6.45, 7) is 1.82. The van der Waals surface area contributed by atoms with Gasteiger partial charge < -0.3 is 0 Å². The van der Waals surface area contributed by atoms with E-state index in [0.29, 0.717) is 10.9 Å². The highest BCUT2D eigenvalue weighted by molar-refractivity contribution is 9.10. The summed E-state index contributed by atoms with van der Waals surface area (Å²) in [5.41, 5.74) is 0.856. The van der Waals surface area contributed by atoms with E-state index in [1.807, 2.05) is 13.0 Å². The van der Waals surface area contributed by atoms with E-state index < -0.39 is 0 Å². The van der Waals surface area contributed by atoms with Gasteiger partial charge in [-0.1, -0.05) is 6.07 Å². The fourth-order valence-corrected chi connectivity index (χ4v) is 1.31. The van der Waals surface area contributed by atoms with Crippen molar-refractivity contribution < 1.29 is 4.39 Å². The van der Waals surface area contributed by atoms with E-state index in [4.69, 9.17) is 5.26 Å². The largest absolute Gasteiger partial charge is 0.206 e. The SMILES string of the molecule is CC(C#N)Cc1ccc(Br)c(F)c1. The fourth-order valence-electron chi connectivity index (χ4n) is 1.07. The van der Waals surface area contributed by atoms with Crippen molar-refractivity contribution in [1.29, 1.82) is 5.26 Å². The van der Waals surface area contributed by atoms with Gasteiger partial charge >= 0.3 is 0 Å². The van der Waals surface area contributed by atoms with Crippen molar-refractivity contribution >= 4 is 15.9 Å². The molecule has 0 heterocycles. The van der Waals surface area contributed by atoms with Gasteiger partial charge in [0.05, 0.1) is 10.5 Å². The first kappa shape index (κ1) is 10.2. The van der Waals surface area contributed by atoms with Gasteiger partial charge in [-0.15, -0.1) is 0 Å². The number of halogens is 2. The summed E-state index contributed by atoms with van der Waals surface area (Å²) in [4.78, 5) is 0. The van der Waals surface area contributed by atoms with Gasteiger partial charge in [0, 0.05) is 5.92 Å². The van der Waals surface area contributed by atoms with Crippen molar-refractivity contribution in [3.8, 4) is 6.07 Å². The molecule has 0 saturated heterocycles. The maximum Gasteiger partial charge on any atom is 0.137 e. The van der Waals surface area contributed by atoms with Crippen LogP contribution in [0.25, 0.3) is 0 Å². The molecule has 0 saturated carbocycles. The normalized spacial score (nSPS) is 12.2. The average Bonchev–Trinajstić information content (AvgIpc) is 2.11. The molecule has 0 aliphatic heterocycles. The molecule has 1 unspecified atom stereocenters. The molecule has 1 aromatic carbocycles. The number of benzene rings is 1. The molecule has 68 valence electrons. The number of rotatable bonds is 2. The second-order valence-electron chi connectivity index (χ2n) is 2.98. The van der Waals surface area contributed by atoms with Crippen LogP contribution in [0.5, 0.6) is 0 Å². The molecule has 0 spiro atoms. The summed E-state index contributed by atoms with van der Waals surface area (Å²) in [6.07, 6.45) is 0.598. The molecule has 13 heavy (non-hydrogen) atoms. The van der Waals surface area contributed by atoms with Gasteiger partial charge in [0.25, 0.3) is 0 Å². The predicted octanol–water partition coefficient (Wildman–Crippen LogP) is 3.29. The molecule has 0 N–H and O–H groups in total. The van der Waals surface area contributed by atoms with E-state index in [1.165, 1.54) is 6.07 Å². The van der Waals surface area contributed by atoms with Crippen LogP contribution in [0, 0.1) is 23.1 Å². The molecule has 3 heteroatoms. The molecular formula is C10H9BrFN. The molecule has 0 amide bonds. The first-order valence-electron chi connectivity index (χ1n) is 3.97. The lowest BCUT2D eigenvalue weighted by Gasteiger charge is -2.03. The Morgan fingerprint density at radius 2 is 2.31 bits per heavy atom. The average molecular weight is 242 g/mol. The molecule has 1 atom stereocenters. The lowest BCUT2D eigenvalue weighted by molar-refractivity contribution is 0.615. The van der Waals surface area contributed by atoms with E-state index >= 15 is 0 Å². The van der Waals surface area contributed by atoms with Crippen LogP contribution in [0.2, 0.25) is 0 Å². The fraction of sp³-hybridized carbons (Fsp3) is 0.300. The summed E-state index contributed by atoms with van der Waals surface area (Å²) in [5, 5.41) is 8.57. The second kappa shape index (κ2) is 4.38. The van der Waals surface area contributed by atoms with Crippen LogP contribution in [-0.2, 0) is 6.42 Å². The molecule has 0 fully saturated rings. The minimum Gasteiger partial charge on any atom is -0.206 e. The van der Waals surface area contributed by atoms with E-state index in [-0.39, 0.29) is 11.7 Å². The van der Waals surface area contributed by atoms with Crippen LogP contribution < -0.4 is 0 Å². The van der Waals surface area contributed by atoms with Crippen molar-refractivity contribution in [1.82, 2.24) is 0 Å². The third-order valence-electron chi connectivity index (χ3n) is 1.75. The maximum absolute atomic E-state index is 13.0. The Hall–Kier alpha value is -0.880. The zero-order chi connectivity index (χ0) is 9.84. The van der Waals surface area contributed by atoms with Gasteiger partial charge in [0.2, 0.25) is 0 Å². The van der Waals surface area contributed by atoms with Crippen molar-refractivity contribution in [3.63, 3.8) is 0 Å². The van der Waals surface area contributed by atoms with Gasteiger partial charge in [-0.2, -0.15) is 5.26 Å². The highest BCUT2D eigenvalue weighted by Crippen LogP contribution is 2.18. The molecule has 0 bridgehead atoms. The van der Waals surface area contributed by atoms with Crippen LogP contribution in [0.1, 0.15) is 12.5 Å². The van der Waals surface area contributed by atoms with Gasteiger partial charge in [-0.25, -0.2) is 4.39 Å². The Morgan fingerprint density at radius 1 is 1.62 bits per heavy atom. The van der Waals surface area contributed by atoms with Crippen LogP contribution in [-0.4, -0.2) is 0 Å². The summed E-state index contributed by atoms with van der Waals surface area (Å²) in [6, 6.07) is 7.05.